The van der Waals surface area contributed by atoms with Crippen LogP contribution in [0.4, 0.5) is 4.39 Å². The number of aromatic nitrogens is 1. The molecule has 140 valence electrons. The van der Waals surface area contributed by atoms with Crippen LogP contribution in [-0.2, 0) is 6.54 Å². The van der Waals surface area contributed by atoms with Gasteiger partial charge < -0.3 is 15.5 Å². The first-order valence-corrected chi connectivity index (χ1v) is 8.93. The Labute approximate surface area is 158 Å². The molecule has 3 aromatic rings. The summed E-state index contributed by atoms with van der Waals surface area (Å²) < 4.78 is 14.5. The van der Waals surface area contributed by atoms with Crippen molar-refractivity contribution in [3.05, 3.63) is 90.0 Å². The van der Waals surface area contributed by atoms with Gasteiger partial charge in [-0.25, -0.2) is 4.39 Å². The Bertz CT molecular complexity index is 843. The van der Waals surface area contributed by atoms with E-state index in [0.717, 1.165) is 16.7 Å². The fourth-order valence-electron chi connectivity index (χ4n) is 2.97. The zero-order chi connectivity index (χ0) is 19.1. The molecule has 5 heteroatoms. The number of aliphatic hydroxyl groups excluding tert-OH is 2. The molecule has 1 aromatic heterocycles. The Balaban J connectivity index is 1.61. The molecule has 0 aliphatic rings. The lowest BCUT2D eigenvalue weighted by molar-refractivity contribution is 0.129. The third-order valence-corrected chi connectivity index (χ3v) is 4.56. The zero-order valence-corrected chi connectivity index (χ0v) is 14.9. The predicted octanol–water partition coefficient (Wildman–Crippen LogP) is 3.46. The third kappa shape index (κ3) is 5.20. The van der Waals surface area contributed by atoms with E-state index in [-0.39, 0.29) is 25.0 Å². The number of benzene rings is 2. The van der Waals surface area contributed by atoms with Gasteiger partial charge in [-0.05, 0) is 41.3 Å². The third-order valence-electron chi connectivity index (χ3n) is 4.56. The van der Waals surface area contributed by atoms with Crippen LogP contribution >= 0.6 is 0 Å². The van der Waals surface area contributed by atoms with Gasteiger partial charge in [-0.1, -0.05) is 42.5 Å². The summed E-state index contributed by atoms with van der Waals surface area (Å²) in [7, 11) is 0. The van der Waals surface area contributed by atoms with Gasteiger partial charge in [0.15, 0.2) is 0 Å². The Hall–Kier alpha value is -2.60. The average molecular weight is 366 g/mol. The lowest BCUT2D eigenvalue weighted by Gasteiger charge is -2.20. The van der Waals surface area contributed by atoms with Gasteiger partial charge in [0.1, 0.15) is 5.82 Å². The van der Waals surface area contributed by atoms with Crippen molar-refractivity contribution >= 4 is 0 Å². The molecule has 0 aliphatic heterocycles. The first-order valence-electron chi connectivity index (χ1n) is 8.93. The van der Waals surface area contributed by atoms with Crippen LogP contribution in [-0.4, -0.2) is 27.8 Å². The summed E-state index contributed by atoms with van der Waals surface area (Å²) in [5.41, 5.74) is 3.01. The molecule has 0 saturated heterocycles. The second-order valence-electron chi connectivity index (χ2n) is 6.46. The monoisotopic (exact) mass is 366 g/mol. The number of halogens is 1. The van der Waals surface area contributed by atoms with Crippen molar-refractivity contribution in [2.45, 2.75) is 25.1 Å². The van der Waals surface area contributed by atoms with Gasteiger partial charge in [0.25, 0.3) is 0 Å². The second-order valence-corrected chi connectivity index (χ2v) is 6.46. The maximum atomic E-state index is 14.5. The van der Waals surface area contributed by atoms with E-state index >= 15 is 0 Å². The smallest absolute Gasteiger partial charge is 0.128 e. The summed E-state index contributed by atoms with van der Waals surface area (Å²) in [6.07, 6.45) is 3.01. The van der Waals surface area contributed by atoms with Gasteiger partial charge >= 0.3 is 0 Å². The van der Waals surface area contributed by atoms with E-state index in [2.05, 4.69) is 10.3 Å². The molecule has 2 unspecified atom stereocenters. The summed E-state index contributed by atoms with van der Waals surface area (Å²) >= 11 is 0. The fourth-order valence-corrected chi connectivity index (χ4v) is 2.97. The van der Waals surface area contributed by atoms with E-state index in [1.54, 1.807) is 18.5 Å². The lowest BCUT2D eigenvalue weighted by atomic mass is 10.0. The Morgan fingerprint density at radius 1 is 0.963 bits per heavy atom. The van der Waals surface area contributed by atoms with Crippen LogP contribution in [0.1, 0.15) is 23.7 Å². The highest BCUT2D eigenvalue weighted by molar-refractivity contribution is 5.63. The molecule has 0 bridgehead atoms. The van der Waals surface area contributed by atoms with Crippen molar-refractivity contribution in [3.63, 3.8) is 0 Å². The molecule has 27 heavy (non-hydrogen) atoms. The number of nitrogens with zero attached hydrogens (tertiary/aromatic N) is 1. The van der Waals surface area contributed by atoms with Gasteiger partial charge in [0.2, 0.25) is 0 Å². The SMILES string of the molecule is OCC(CC(O)c1ccccc1)NCc1ccc(-c2ccncc2)cc1F. The molecule has 1 heterocycles. The van der Waals surface area contributed by atoms with Gasteiger partial charge in [-0.3, -0.25) is 4.98 Å². The minimum atomic E-state index is -0.685. The Kier molecular flexibility index (Phi) is 6.65. The largest absolute Gasteiger partial charge is 0.395 e. The van der Waals surface area contributed by atoms with E-state index < -0.39 is 6.10 Å². The molecule has 0 fully saturated rings. The number of nitrogens with one attached hydrogen (secondary N) is 1. The summed E-state index contributed by atoms with van der Waals surface area (Å²) in [6.45, 7) is 0.135. The molecule has 4 nitrogen and oxygen atoms in total. The quantitative estimate of drug-likeness (QED) is 0.571. The van der Waals surface area contributed by atoms with Gasteiger partial charge in [-0.2, -0.15) is 0 Å². The van der Waals surface area contributed by atoms with Gasteiger partial charge in [0.05, 0.1) is 12.7 Å². The number of rotatable bonds is 8. The minimum absolute atomic E-state index is 0.138. The molecule has 3 N–H and O–H groups in total. The molecule has 0 radical (unpaired) electrons. The first-order chi connectivity index (χ1) is 13.2. The fraction of sp³-hybridized carbons (Fsp3) is 0.227. The summed E-state index contributed by atoms with van der Waals surface area (Å²) in [5.74, 6) is -0.308. The highest BCUT2D eigenvalue weighted by Crippen LogP contribution is 2.22. The standard InChI is InChI=1S/C22H23FN2O2/c23-21-12-18(16-8-10-24-11-9-16)6-7-19(21)14-25-20(15-26)13-22(27)17-4-2-1-3-5-17/h1-12,20,22,25-27H,13-15H2. The zero-order valence-electron chi connectivity index (χ0n) is 14.9. The van der Waals surface area contributed by atoms with Crippen LogP contribution in [0.3, 0.4) is 0 Å². The van der Waals surface area contributed by atoms with Crippen LogP contribution in [0, 0.1) is 5.82 Å². The number of hydrogen-bond acceptors (Lipinski definition) is 4. The summed E-state index contributed by atoms with van der Waals surface area (Å²) in [4.78, 5) is 3.97. The molecule has 0 aliphatic carbocycles. The molecule has 0 spiro atoms. The summed E-state index contributed by atoms with van der Waals surface area (Å²) in [6, 6.07) is 17.7. The van der Waals surface area contributed by atoms with Crippen molar-refractivity contribution in [1.29, 1.82) is 0 Å². The lowest BCUT2D eigenvalue weighted by Crippen LogP contribution is -2.33. The first kappa shape index (κ1) is 19.2. The molecular formula is C22H23FN2O2. The maximum absolute atomic E-state index is 14.5. The Morgan fingerprint density at radius 2 is 1.70 bits per heavy atom. The Morgan fingerprint density at radius 3 is 2.37 bits per heavy atom. The van der Waals surface area contributed by atoms with Crippen LogP contribution in [0.2, 0.25) is 0 Å². The molecule has 3 rings (SSSR count). The molecular weight excluding hydrogens is 343 g/mol. The highest BCUT2D eigenvalue weighted by atomic mass is 19.1. The van der Waals surface area contributed by atoms with Crippen LogP contribution in [0.15, 0.2) is 73.1 Å². The van der Waals surface area contributed by atoms with Gasteiger partial charge in [-0.15, -0.1) is 0 Å². The van der Waals surface area contributed by atoms with Crippen molar-refractivity contribution in [3.8, 4) is 11.1 Å². The number of hydrogen-bond donors (Lipinski definition) is 3. The molecule has 0 amide bonds. The van der Waals surface area contributed by atoms with E-state index in [9.17, 15) is 14.6 Å². The highest BCUT2D eigenvalue weighted by Gasteiger charge is 2.16. The summed E-state index contributed by atoms with van der Waals surface area (Å²) in [5, 5.41) is 23.0. The van der Waals surface area contributed by atoms with Gasteiger partial charge in [0, 0.05) is 30.5 Å². The van der Waals surface area contributed by atoms with Crippen molar-refractivity contribution < 1.29 is 14.6 Å². The van der Waals surface area contributed by atoms with Crippen LogP contribution in [0.5, 0.6) is 0 Å². The topological polar surface area (TPSA) is 65.4 Å². The van der Waals surface area contributed by atoms with Crippen LogP contribution < -0.4 is 5.32 Å². The van der Waals surface area contributed by atoms with Crippen molar-refractivity contribution in [2.24, 2.45) is 0 Å². The van der Waals surface area contributed by atoms with E-state index in [0.29, 0.717) is 12.0 Å². The average Bonchev–Trinajstić information content (AvgIpc) is 2.73. The van der Waals surface area contributed by atoms with E-state index in [1.807, 2.05) is 48.5 Å². The van der Waals surface area contributed by atoms with E-state index in [1.165, 1.54) is 6.07 Å². The predicted molar refractivity (Wildman–Crippen MR) is 103 cm³/mol. The van der Waals surface area contributed by atoms with Crippen molar-refractivity contribution in [1.82, 2.24) is 10.3 Å². The van der Waals surface area contributed by atoms with Crippen LogP contribution in [0.25, 0.3) is 11.1 Å². The number of pyridine rings is 1. The second kappa shape index (κ2) is 9.37. The normalized spacial score (nSPS) is 13.3. The number of aliphatic hydroxyl groups is 2. The molecule has 2 atom stereocenters. The van der Waals surface area contributed by atoms with Crippen molar-refractivity contribution in [2.75, 3.05) is 6.61 Å². The minimum Gasteiger partial charge on any atom is -0.395 e. The molecule has 2 aromatic carbocycles. The molecule has 0 saturated carbocycles. The maximum Gasteiger partial charge on any atom is 0.128 e. The van der Waals surface area contributed by atoms with E-state index in [4.69, 9.17) is 0 Å².